The highest BCUT2D eigenvalue weighted by molar-refractivity contribution is 14.0. The summed E-state index contributed by atoms with van der Waals surface area (Å²) < 4.78 is 5.54. The summed E-state index contributed by atoms with van der Waals surface area (Å²) in [5.41, 5.74) is 0. The van der Waals surface area contributed by atoms with E-state index in [2.05, 4.69) is 58.8 Å². The number of nitrogens with zero attached hydrogens (tertiary/aromatic N) is 3. The Morgan fingerprint density at radius 3 is 2.71 bits per heavy atom. The summed E-state index contributed by atoms with van der Waals surface area (Å²) >= 11 is 1.83. The van der Waals surface area contributed by atoms with E-state index in [0.29, 0.717) is 12.1 Å². The van der Waals surface area contributed by atoms with Gasteiger partial charge >= 0.3 is 0 Å². The summed E-state index contributed by atoms with van der Waals surface area (Å²) in [7, 11) is 2.23. The van der Waals surface area contributed by atoms with Crippen molar-refractivity contribution < 1.29 is 4.74 Å². The summed E-state index contributed by atoms with van der Waals surface area (Å²) in [6.45, 7) is 10.6. The van der Waals surface area contributed by atoms with Crippen LogP contribution in [-0.4, -0.2) is 80.8 Å². The van der Waals surface area contributed by atoms with E-state index in [1.165, 1.54) is 17.7 Å². The zero-order chi connectivity index (χ0) is 19.1. The molecule has 0 bridgehead atoms. The first kappa shape index (κ1) is 23.9. The summed E-state index contributed by atoms with van der Waals surface area (Å²) in [4.78, 5) is 11.3. The molecule has 2 unspecified atom stereocenters. The van der Waals surface area contributed by atoms with Gasteiger partial charge in [-0.25, -0.2) is 0 Å². The van der Waals surface area contributed by atoms with Crippen LogP contribution in [0.2, 0.25) is 0 Å². The van der Waals surface area contributed by atoms with Crippen LogP contribution in [0.4, 0.5) is 0 Å². The minimum atomic E-state index is 0. The van der Waals surface area contributed by atoms with Gasteiger partial charge in [0.1, 0.15) is 0 Å². The van der Waals surface area contributed by atoms with Gasteiger partial charge in [-0.15, -0.1) is 35.3 Å². The number of guanidine groups is 1. The van der Waals surface area contributed by atoms with Crippen LogP contribution in [0.15, 0.2) is 22.5 Å². The third kappa shape index (κ3) is 7.12. The van der Waals surface area contributed by atoms with Crippen LogP contribution in [0.1, 0.15) is 37.6 Å². The van der Waals surface area contributed by atoms with E-state index in [4.69, 9.17) is 9.73 Å². The van der Waals surface area contributed by atoms with Crippen molar-refractivity contribution in [2.45, 2.75) is 44.8 Å². The maximum Gasteiger partial charge on any atom is 0.191 e. The summed E-state index contributed by atoms with van der Waals surface area (Å²) in [5.74, 6) is 0.920. The van der Waals surface area contributed by atoms with Crippen molar-refractivity contribution in [1.29, 1.82) is 0 Å². The van der Waals surface area contributed by atoms with Crippen molar-refractivity contribution in [3.05, 3.63) is 22.4 Å². The van der Waals surface area contributed by atoms with Gasteiger partial charge in [0.2, 0.25) is 0 Å². The standard InChI is InChI=1S/C20H35N5OS.HI/c1-4-21-20(22-14-16(2)24(3)17-7-8-17)23-15-18(19-6-5-13-27-19)25-9-11-26-12-10-25;/h5-6,13,16-18H,4,7-12,14-15H2,1-3H3,(H2,21,22,23);1H. The zero-order valence-electron chi connectivity index (χ0n) is 17.4. The van der Waals surface area contributed by atoms with Gasteiger partial charge in [-0.3, -0.25) is 14.8 Å². The van der Waals surface area contributed by atoms with Crippen molar-refractivity contribution in [2.75, 3.05) is 53.0 Å². The minimum Gasteiger partial charge on any atom is -0.379 e. The number of halogens is 1. The van der Waals surface area contributed by atoms with Crippen molar-refractivity contribution >= 4 is 41.3 Å². The van der Waals surface area contributed by atoms with Crippen molar-refractivity contribution in [1.82, 2.24) is 20.4 Å². The molecule has 1 aliphatic carbocycles. The Balaban J connectivity index is 0.00000280. The predicted molar refractivity (Wildman–Crippen MR) is 129 cm³/mol. The third-order valence-electron chi connectivity index (χ3n) is 5.50. The second-order valence-corrected chi connectivity index (χ2v) is 8.51. The molecule has 2 fully saturated rings. The molecule has 1 aromatic heterocycles. The first-order valence-electron chi connectivity index (χ1n) is 10.3. The minimum absolute atomic E-state index is 0. The lowest BCUT2D eigenvalue weighted by Crippen LogP contribution is -2.46. The molecule has 3 rings (SSSR count). The monoisotopic (exact) mass is 521 g/mol. The van der Waals surface area contributed by atoms with E-state index in [1.54, 1.807) is 0 Å². The molecule has 2 heterocycles. The Morgan fingerprint density at radius 1 is 1.36 bits per heavy atom. The molecule has 0 amide bonds. The fourth-order valence-corrected chi connectivity index (χ4v) is 4.37. The highest BCUT2D eigenvalue weighted by Gasteiger charge is 2.29. The number of thiophene rings is 1. The molecule has 28 heavy (non-hydrogen) atoms. The fourth-order valence-electron chi connectivity index (χ4n) is 3.51. The normalized spacial score (nSPS) is 20.5. The molecular weight excluding hydrogens is 485 g/mol. The first-order valence-corrected chi connectivity index (χ1v) is 11.2. The van der Waals surface area contributed by atoms with Gasteiger partial charge in [0.25, 0.3) is 0 Å². The van der Waals surface area contributed by atoms with Crippen molar-refractivity contribution in [2.24, 2.45) is 4.99 Å². The Bertz CT molecular complexity index is 575. The second kappa shape index (κ2) is 12.3. The summed E-state index contributed by atoms with van der Waals surface area (Å²) in [6, 6.07) is 5.99. The van der Waals surface area contributed by atoms with E-state index in [-0.39, 0.29) is 24.0 Å². The Morgan fingerprint density at radius 2 is 2.11 bits per heavy atom. The zero-order valence-corrected chi connectivity index (χ0v) is 20.5. The Kier molecular flexibility index (Phi) is 10.5. The number of hydrogen-bond acceptors (Lipinski definition) is 5. The topological polar surface area (TPSA) is 52.1 Å². The molecule has 1 aliphatic heterocycles. The van der Waals surface area contributed by atoms with Gasteiger partial charge in [-0.1, -0.05) is 6.07 Å². The molecule has 0 aromatic carbocycles. The lowest BCUT2D eigenvalue weighted by atomic mass is 10.2. The van der Waals surface area contributed by atoms with Gasteiger partial charge in [0, 0.05) is 43.1 Å². The van der Waals surface area contributed by atoms with Crippen molar-refractivity contribution in [3.8, 4) is 0 Å². The molecule has 1 aromatic rings. The maximum atomic E-state index is 5.54. The average molecular weight is 522 g/mol. The van der Waals surface area contributed by atoms with E-state index in [1.807, 2.05) is 11.3 Å². The fraction of sp³-hybridized carbons (Fsp3) is 0.750. The molecule has 2 N–H and O–H groups in total. The molecule has 160 valence electrons. The predicted octanol–water partition coefficient (Wildman–Crippen LogP) is 2.78. The van der Waals surface area contributed by atoms with Gasteiger partial charge in [0.15, 0.2) is 5.96 Å². The molecular formula is C20H36IN5OS. The molecule has 1 saturated heterocycles. The van der Waals surface area contributed by atoms with Gasteiger partial charge < -0.3 is 15.4 Å². The number of likely N-dealkylation sites (N-methyl/N-ethyl adjacent to an activating group) is 1. The largest absolute Gasteiger partial charge is 0.379 e. The molecule has 1 saturated carbocycles. The van der Waals surface area contributed by atoms with Crippen LogP contribution in [0.3, 0.4) is 0 Å². The highest BCUT2D eigenvalue weighted by Crippen LogP contribution is 2.27. The Hall–Kier alpha value is -0.420. The molecule has 8 heteroatoms. The number of ether oxygens (including phenoxy) is 1. The van der Waals surface area contributed by atoms with Crippen molar-refractivity contribution in [3.63, 3.8) is 0 Å². The lowest BCUT2D eigenvalue weighted by molar-refractivity contribution is 0.0177. The van der Waals surface area contributed by atoms with Gasteiger partial charge in [0.05, 0.1) is 25.8 Å². The molecule has 0 radical (unpaired) electrons. The first-order chi connectivity index (χ1) is 13.2. The average Bonchev–Trinajstić information content (AvgIpc) is 3.41. The van der Waals surface area contributed by atoms with Crippen LogP contribution >= 0.6 is 35.3 Å². The van der Waals surface area contributed by atoms with Crippen LogP contribution in [0.25, 0.3) is 0 Å². The maximum absolute atomic E-state index is 5.54. The van der Waals surface area contributed by atoms with E-state index in [0.717, 1.165) is 57.9 Å². The summed E-state index contributed by atoms with van der Waals surface area (Å²) in [5, 5.41) is 9.16. The van der Waals surface area contributed by atoms with Gasteiger partial charge in [-0.2, -0.15) is 0 Å². The number of morpholine rings is 1. The number of rotatable bonds is 9. The molecule has 2 aliphatic rings. The summed E-state index contributed by atoms with van der Waals surface area (Å²) in [6.07, 6.45) is 2.68. The van der Waals surface area contributed by atoms with Crippen LogP contribution in [-0.2, 0) is 4.74 Å². The highest BCUT2D eigenvalue weighted by atomic mass is 127. The number of nitrogens with one attached hydrogen (secondary N) is 2. The van der Waals surface area contributed by atoms with Crippen LogP contribution in [0.5, 0.6) is 0 Å². The lowest BCUT2D eigenvalue weighted by Gasteiger charge is -2.34. The smallest absolute Gasteiger partial charge is 0.191 e. The molecule has 6 nitrogen and oxygen atoms in total. The van der Waals surface area contributed by atoms with E-state index >= 15 is 0 Å². The molecule has 0 spiro atoms. The van der Waals surface area contributed by atoms with E-state index < -0.39 is 0 Å². The third-order valence-corrected chi connectivity index (χ3v) is 6.47. The Labute approximate surface area is 191 Å². The quantitative estimate of drug-likeness (QED) is 0.298. The second-order valence-electron chi connectivity index (χ2n) is 7.53. The number of aliphatic imine (C=N–C) groups is 1. The van der Waals surface area contributed by atoms with Gasteiger partial charge in [-0.05, 0) is 45.2 Å². The van der Waals surface area contributed by atoms with E-state index in [9.17, 15) is 0 Å². The van der Waals surface area contributed by atoms with Crippen LogP contribution in [0, 0.1) is 0 Å². The molecule has 2 atom stereocenters. The SMILES string of the molecule is CCNC(=NCC(C)N(C)C1CC1)NCC(c1cccs1)N1CCOCC1.I. The van der Waals surface area contributed by atoms with Crippen LogP contribution < -0.4 is 10.6 Å². The number of hydrogen-bond donors (Lipinski definition) is 2.